The molecule has 24 heavy (non-hydrogen) atoms. The second kappa shape index (κ2) is 6.53. The van der Waals surface area contributed by atoms with Crippen LogP contribution in [-0.4, -0.2) is 48.4 Å². The van der Waals surface area contributed by atoms with Crippen LogP contribution in [0.15, 0.2) is 24.4 Å². The molecule has 0 radical (unpaired) electrons. The molecule has 0 aliphatic heterocycles. The van der Waals surface area contributed by atoms with E-state index in [0.717, 1.165) is 10.9 Å². The first-order chi connectivity index (χ1) is 11.7. The van der Waals surface area contributed by atoms with Gasteiger partial charge in [-0.05, 0) is 6.07 Å². The largest absolute Gasteiger partial charge is 0.497 e. The lowest BCUT2D eigenvalue weighted by Gasteiger charge is -2.10. The van der Waals surface area contributed by atoms with Gasteiger partial charge in [-0.2, -0.15) is 9.97 Å². The Morgan fingerprint density at radius 2 is 1.46 bits per heavy atom. The molecule has 3 rings (SSSR count). The summed E-state index contributed by atoms with van der Waals surface area (Å²) >= 11 is 0. The van der Waals surface area contributed by atoms with Gasteiger partial charge in [0.1, 0.15) is 11.5 Å². The summed E-state index contributed by atoms with van der Waals surface area (Å²) in [6.45, 7) is 0. The summed E-state index contributed by atoms with van der Waals surface area (Å²) in [5, 5.41) is 0.814. The minimum absolute atomic E-state index is 0.165. The first kappa shape index (κ1) is 15.7. The molecule has 1 aromatic carbocycles. The Hall–Kier alpha value is -3.16. The maximum Gasteiger partial charge on any atom is 0.322 e. The van der Waals surface area contributed by atoms with E-state index in [9.17, 15) is 0 Å². The third kappa shape index (κ3) is 2.85. The van der Waals surface area contributed by atoms with Crippen LogP contribution in [0.25, 0.3) is 22.3 Å². The van der Waals surface area contributed by atoms with E-state index in [1.54, 1.807) is 26.5 Å². The second-order valence-corrected chi connectivity index (χ2v) is 4.75. The fourth-order valence-corrected chi connectivity index (χ4v) is 2.23. The molecule has 2 aromatic heterocycles. The van der Waals surface area contributed by atoms with Crippen molar-refractivity contribution in [3.8, 4) is 34.9 Å². The van der Waals surface area contributed by atoms with Crippen molar-refractivity contribution < 1.29 is 18.9 Å². The predicted molar refractivity (Wildman–Crippen MR) is 86.8 cm³/mol. The highest BCUT2D eigenvalue weighted by Gasteiger charge is 2.13. The number of rotatable bonds is 5. The van der Waals surface area contributed by atoms with Gasteiger partial charge in [-0.15, -0.1) is 4.98 Å². The van der Waals surface area contributed by atoms with Crippen LogP contribution in [0, 0.1) is 0 Å². The van der Waals surface area contributed by atoms with Gasteiger partial charge in [0.05, 0.1) is 34.0 Å². The van der Waals surface area contributed by atoms with E-state index in [-0.39, 0.29) is 12.0 Å². The Kier molecular flexibility index (Phi) is 4.28. The fraction of sp³-hybridized carbons (Fsp3) is 0.250. The normalized spacial score (nSPS) is 10.5. The van der Waals surface area contributed by atoms with E-state index in [1.165, 1.54) is 14.2 Å². The molecule has 0 amide bonds. The highest BCUT2D eigenvalue weighted by molar-refractivity contribution is 5.89. The Bertz CT molecular complexity index is 863. The van der Waals surface area contributed by atoms with Crippen LogP contribution < -0.4 is 18.9 Å². The van der Waals surface area contributed by atoms with Crippen LogP contribution in [0.5, 0.6) is 23.5 Å². The van der Waals surface area contributed by atoms with E-state index in [4.69, 9.17) is 18.9 Å². The molecular weight excluding hydrogens is 312 g/mol. The predicted octanol–water partition coefficient (Wildman–Crippen LogP) is 2.12. The van der Waals surface area contributed by atoms with Gasteiger partial charge in [0, 0.05) is 29.3 Å². The lowest BCUT2D eigenvalue weighted by atomic mass is 10.1. The van der Waals surface area contributed by atoms with E-state index >= 15 is 0 Å². The summed E-state index contributed by atoms with van der Waals surface area (Å²) in [6.07, 6.45) is 1.66. The lowest BCUT2D eigenvalue weighted by molar-refractivity contribution is 0.341. The zero-order chi connectivity index (χ0) is 17.1. The molecule has 0 atom stereocenters. The molecule has 0 fully saturated rings. The van der Waals surface area contributed by atoms with Crippen molar-refractivity contribution >= 4 is 10.9 Å². The number of ether oxygens (including phenoxy) is 4. The minimum Gasteiger partial charge on any atom is -0.497 e. The maximum absolute atomic E-state index is 5.43. The quantitative estimate of drug-likeness (QED) is 0.704. The average Bonchev–Trinajstić information content (AvgIpc) is 2.65. The van der Waals surface area contributed by atoms with Crippen LogP contribution >= 0.6 is 0 Å². The number of nitrogens with zero attached hydrogens (tertiary/aromatic N) is 4. The molecule has 0 saturated carbocycles. The van der Waals surface area contributed by atoms with Gasteiger partial charge in [-0.25, -0.2) is 0 Å². The average molecular weight is 328 g/mol. The smallest absolute Gasteiger partial charge is 0.322 e. The van der Waals surface area contributed by atoms with Crippen LogP contribution in [-0.2, 0) is 0 Å². The van der Waals surface area contributed by atoms with Crippen molar-refractivity contribution in [2.75, 3.05) is 28.4 Å². The number of benzene rings is 1. The van der Waals surface area contributed by atoms with Crippen molar-refractivity contribution in [2.45, 2.75) is 0 Å². The van der Waals surface area contributed by atoms with Gasteiger partial charge in [0.15, 0.2) is 5.82 Å². The van der Waals surface area contributed by atoms with Gasteiger partial charge in [-0.1, -0.05) is 0 Å². The molecule has 0 spiro atoms. The SMILES string of the molecule is COc1cc(OC)c2cc(-c3nc(OC)nc(OC)n3)cnc2c1. The topological polar surface area (TPSA) is 88.5 Å². The van der Waals surface area contributed by atoms with Gasteiger partial charge >= 0.3 is 12.0 Å². The number of fused-ring (bicyclic) bond motifs is 1. The van der Waals surface area contributed by atoms with E-state index in [0.29, 0.717) is 22.9 Å². The van der Waals surface area contributed by atoms with E-state index in [1.807, 2.05) is 12.1 Å². The maximum atomic E-state index is 5.43. The standard InChI is InChI=1S/C16H16N4O4/c1-21-10-6-12-11(13(7-10)22-2)5-9(8-17-12)14-18-15(23-3)20-16(19-14)24-4/h5-8H,1-4H3. The summed E-state index contributed by atoms with van der Waals surface area (Å²) in [4.78, 5) is 16.9. The molecule has 0 unspecified atom stereocenters. The number of methoxy groups -OCH3 is 4. The summed E-state index contributed by atoms with van der Waals surface area (Å²) < 4.78 is 20.8. The second-order valence-electron chi connectivity index (χ2n) is 4.75. The zero-order valence-electron chi connectivity index (χ0n) is 13.7. The van der Waals surface area contributed by atoms with Crippen LogP contribution in [0.2, 0.25) is 0 Å². The van der Waals surface area contributed by atoms with Gasteiger partial charge in [0.25, 0.3) is 0 Å². The Labute approximate surface area is 138 Å². The molecule has 0 saturated heterocycles. The summed E-state index contributed by atoms with van der Waals surface area (Å²) in [5.74, 6) is 1.71. The minimum atomic E-state index is 0.165. The number of aromatic nitrogens is 4. The summed E-state index contributed by atoms with van der Waals surface area (Å²) in [5.41, 5.74) is 1.42. The molecule has 124 valence electrons. The van der Waals surface area contributed by atoms with Gasteiger partial charge < -0.3 is 18.9 Å². The Morgan fingerprint density at radius 1 is 0.750 bits per heavy atom. The molecule has 8 heteroatoms. The zero-order valence-corrected chi connectivity index (χ0v) is 13.7. The highest BCUT2D eigenvalue weighted by atomic mass is 16.5. The highest BCUT2D eigenvalue weighted by Crippen LogP contribution is 2.32. The Balaban J connectivity index is 2.17. The fourth-order valence-electron chi connectivity index (χ4n) is 2.23. The van der Waals surface area contributed by atoms with Crippen molar-refractivity contribution in [2.24, 2.45) is 0 Å². The molecule has 3 aromatic rings. The Morgan fingerprint density at radius 3 is 2.04 bits per heavy atom. The summed E-state index contributed by atoms with van der Waals surface area (Å²) in [7, 11) is 6.15. The monoisotopic (exact) mass is 328 g/mol. The molecule has 0 aliphatic rings. The molecule has 8 nitrogen and oxygen atoms in total. The van der Waals surface area contributed by atoms with Crippen molar-refractivity contribution in [3.63, 3.8) is 0 Å². The first-order valence-electron chi connectivity index (χ1n) is 7.04. The molecule has 2 heterocycles. The van der Waals surface area contributed by atoms with Crippen LogP contribution in [0.4, 0.5) is 0 Å². The number of hydrogen-bond donors (Lipinski definition) is 0. The third-order valence-corrected chi connectivity index (χ3v) is 3.41. The van der Waals surface area contributed by atoms with Crippen LogP contribution in [0.1, 0.15) is 0 Å². The molecule has 0 bridgehead atoms. The van der Waals surface area contributed by atoms with Crippen molar-refractivity contribution in [1.29, 1.82) is 0 Å². The lowest BCUT2D eigenvalue weighted by Crippen LogP contribution is -2.01. The molecule has 0 N–H and O–H groups in total. The van der Waals surface area contributed by atoms with Gasteiger partial charge in [0.2, 0.25) is 0 Å². The summed E-state index contributed by atoms with van der Waals surface area (Å²) in [6, 6.07) is 5.84. The number of hydrogen-bond acceptors (Lipinski definition) is 8. The number of pyridine rings is 1. The van der Waals surface area contributed by atoms with Gasteiger partial charge in [-0.3, -0.25) is 4.98 Å². The molecular formula is C16H16N4O4. The van der Waals surface area contributed by atoms with Crippen LogP contribution in [0.3, 0.4) is 0 Å². The van der Waals surface area contributed by atoms with E-state index in [2.05, 4.69) is 19.9 Å². The van der Waals surface area contributed by atoms with E-state index < -0.39 is 0 Å². The van der Waals surface area contributed by atoms with Crippen molar-refractivity contribution in [1.82, 2.24) is 19.9 Å². The first-order valence-corrected chi connectivity index (χ1v) is 7.04. The van der Waals surface area contributed by atoms with Crippen molar-refractivity contribution in [3.05, 3.63) is 24.4 Å². The molecule has 0 aliphatic carbocycles. The third-order valence-electron chi connectivity index (χ3n) is 3.41.